The minimum atomic E-state index is -0.697. The molecule has 0 aromatic carbocycles. The average molecular weight is 439 g/mol. The number of rotatable bonds is 4. The molecule has 0 aliphatic rings. The van der Waals surface area contributed by atoms with E-state index in [2.05, 4.69) is 16.4 Å². The molecule has 0 saturated heterocycles. The second-order valence-corrected chi connectivity index (χ2v) is 6.81. The summed E-state index contributed by atoms with van der Waals surface area (Å²) >= 11 is 0. The molecule has 0 bridgehead atoms. The van der Waals surface area contributed by atoms with Gasteiger partial charge in [0, 0.05) is 17.8 Å². The van der Waals surface area contributed by atoms with Gasteiger partial charge in [0.1, 0.15) is 5.60 Å². The van der Waals surface area contributed by atoms with Crippen molar-refractivity contribution in [3.8, 4) is 0 Å². The van der Waals surface area contributed by atoms with Crippen molar-refractivity contribution < 1.29 is 39.1 Å². The van der Waals surface area contributed by atoms with Gasteiger partial charge in [-0.2, -0.15) is 12.1 Å². The number of hydrogen-bond donors (Lipinski definition) is 0. The maximum Gasteiger partial charge on any atom is 2.00 e. The molecule has 10 heteroatoms. The zero-order valence-electron chi connectivity index (χ0n) is 17.0. The van der Waals surface area contributed by atoms with Gasteiger partial charge in [0.05, 0.1) is 0 Å². The van der Waals surface area contributed by atoms with E-state index in [9.17, 15) is 9.59 Å². The standard InChI is InChI=1S/C17H26N3O3.2ClH.2Mg/c1-11(2)20(12(3)4)15(21)14-9-8-13(10-18-14)19-16(22)23-17(5,6)7;;;;/h8,10-12H,1-7H3,(H,19,21,22);2*1H;;/q-1;;;2*+2/p-3. The van der Waals surface area contributed by atoms with Crippen molar-refractivity contribution in [1.82, 2.24) is 9.88 Å². The Bertz CT molecular complexity index is 558. The Balaban J connectivity index is -0.000000661. The minimum Gasteiger partial charge on any atom is -1.00 e. The molecule has 27 heavy (non-hydrogen) atoms. The zero-order valence-corrected chi connectivity index (χ0v) is 21.4. The molecule has 1 heterocycles. The number of nitrogens with zero attached hydrogens (tertiary/aromatic N) is 3. The van der Waals surface area contributed by atoms with Crippen molar-refractivity contribution in [1.29, 1.82) is 0 Å². The summed E-state index contributed by atoms with van der Waals surface area (Å²) in [5.74, 6) is -0.196. The number of aromatic nitrogens is 1. The summed E-state index contributed by atoms with van der Waals surface area (Å²) in [5.41, 5.74) is -0.102. The molecule has 0 radical (unpaired) electrons. The second-order valence-electron chi connectivity index (χ2n) is 6.81. The van der Waals surface area contributed by atoms with E-state index in [4.69, 9.17) is 4.74 Å². The van der Waals surface area contributed by atoms with E-state index < -0.39 is 11.7 Å². The fourth-order valence-electron chi connectivity index (χ4n) is 2.10. The molecular formula is C17H25Cl2Mg2N3O3. The summed E-state index contributed by atoms with van der Waals surface area (Å²) in [5, 5.41) is 3.78. The maximum absolute atomic E-state index is 12.5. The van der Waals surface area contributed by atoms with Gasteiger partial charge in [0.2, 0.25) is 6.09 Å². The van der Waals surface area contributed by atoms with Crippen molar-refractivity contribution in [3.63, 3.8) is 0 Å². The number of pyridine rings is 1. The van der Waals surface area contributed by atoms with Crippen molar-refractivity contribution in [3.05, 3.63) is 29.3 Å². The molecule has 0 saturated carbocycles. The van der Waals surface area contributed by atoms with Crippen LogP contribution in [0.1, 0.15) is 59.0 Å². The summed E-state index contributed by atoms with van der Waals surface area (Å²) in [6.07, 6.45) is 0.671. The maximum atomic E-state index is 12.5. The van der Waals surface area contributed by atoms with Gasteiger partial charge < -0.3 is 44.6 Å². The van der Waals surface area contributed by atoms with E-state index in [0.717, 1.165) is 0 Å². The van der Waals surface area contributed by atoms with Gasteiger partial charge in [-0.1, -0.05) is 0 Å². The molecule has 1 rings (SSSR count). The van der Waals surface area contributed by atoms with Crippen molar-refractivity contribution in [2.24, 2.45) is 0 Å². The van der Waals surface area contributed by atoms with Crippen LogP contribution in [0.25, 0.3) is 5.32 Å². The van der Waals surface area contributed by atoms with Crippen molar-refractivity contribution in [2.75, 3.05) is 0 Å². The van der Waals surface area contributed by atoms with Crippen LogP contribution in [-0.4, -0.2) is 85.7 Å². The summed E-state index contributed by atoms with van der Waals surface area (Å²) in [6, 6.07) is 4.37. The van der Waals surface area contributed by atoms with E-state index in [0.29, 0.717) is 5.69 Å². The summed E-state index contributed by atoms with van der Waals surface area (Å²) in [4.78, 5) is 29.9. The van der Waals surface area contributed by atoms with Crippen LogP contribution < -0.4 is 24.8 Å². The molecule has 0 atom stereocenters. The molecule has 0 aliphatic heterocycles. The molecule has 2 amide bonds. The van der Waals surface area contributed by atoms with Gasteiger partial charge in [0.25, 0.3) is 0 Å². The number of amides is 2. The normalized spacial score (nSPS) is 9.81. The fourth-order valence-corrected chi connectivity index (χ4v) is 2.10. The first-order chi connectivity index (χ1) is 10.5. The Hall–Kier alpha value is 0.00247. The summed E-state index contributed by atoms with van der Waals surface area (Å²) in [6.45, 7) is 13.1. The number of carbonyl (C=O) groups is 2. The van der Waals surface area contributed by atoms with Crippen LogP contribution >= 0.6 is 0 Å². The Labute approximate surface area is 207 Å². The zero-order chi connectivity index (χ0) is 17.8. The van der Waals surface area contributed by atoms with Crippen LogP contribution in [-0.2, 0) is 4.74 Å². The Morgan fingerprint density at radius 3 is 1.93 bits per heavy atom. The number of carbonyl (C=O) groups excluding carboxylic acids is 2. The summed E-state index contributed by atoms with van der Waals surface area (Å²) in [7, 11) is 0. The molecule has 0 N–H and O–H groups in total. The van der Waals surface area contributed by atoms with Crippen LogP contribution in [0.4, 0.5) is 10.5 Å². The first-order valence-corrected chi connectivity index (χ1v) is 7.66. The monoisotopic (exact) mass is 437 g/mol. The first-order valence-electron chi connectivity index (χ1n) is 7.66. The minimum absolute atomic E-state index is 0. The van der Waals surface area contributed by atoms with E-state index in [1.165, 1.54) is 12.3 Å². The van der Waals surface area contributed by atoms with Crippen LogP contribution in [0.5, 0.6) is 0 Å². The van der Waals surface area contributed by atoms with Gasteiger partial charge in [0.15, 0.2) is 5.91 Å². The SMILES string of the molecule is CC(C)N(C(=O)c1[c-]cc([N-]C(=O)OC(C)(C)C)cn1)C(C)C.[Cl-].[Cl-].[Mg+2].[Mg+2]. The van der Waals surface area contributed by atoms with Crippen molar-refractivity contribution in [2.45, 2.75) is 66.2 Å². The fraction of sp³-hybridized carbons (Fsp3) is 0.588. The molecule has 0 unspecified atom stereocenters. The van der Waals surface area contributed by atoms with E-state index in [1.807, 2.05) is 27.7 Å². The van der Waals surface area contributed by atoms with E-state index >= 15 is 0 Å². The van der Waals surface area contributed by atoms with E-state index in [1.54, 1.807) is 25.7 Å². The smallest absolute Gasteiger partial charge is 1.00 e. The van der Waals surface area contributed by atoms with Gasteiger partial charge in [-0.05, 0) is 54.7 Å². The molecule has 0 aliphatic carbocycles. The predicted octanol–water partition coefficient (Wildman–Crippen LogP) is -2.67. The van der Waals surface area contributed by atoms with Crippen LogP contribution in [0, 0.1) is 6.07 Å². The topological polar surface area (TPSA) is 73.6 Å². The number of ether oxygens (including phenoxy) is 1. The van der Waals surface area contributed by atoms with E-state index in [-0.39, 0.29) is 94.6 Å². The first kappa shape index (κ1) is 34.5. The molecule has 1 aromatic heterocycles. The average Bonchev–Trinajstić information content (AvgIpc) is 2.36. The van der Waals surface area contributed by atoms with Crippen molar-refractivity contribution >= 4 is 63.8 Å². The third-order valence-corrected chi connectivity index (χ3v) is 2.85. The van der Waals surface area contributed by atoms with Gasteiger partial charge in [-0.3, -0.25) is 9.78 Å². The number of hydrogen-bond acceptors (Lipinski definition) is 4. The van der Waals surface area contributed by atoms with Gasteiger partial charge >= 0.3 is 46.1 Å². The third kappa shape index (κ3) is 12.2. The third-order valence-electron chi connectivity index (χ3n) is 2.85. The van der Waals surface area contributed by atoms with Crippen LogP contribution in [0.3, 0.4) is 0 Å². The quantitative estimate of drug-likeness (QED) is 0.379. The Kier molecular flexibility index (Phi) is 19.1. The molecule has 1 aromatic rings. The number of halogens is 2. The molecule has 0 fully saturated rings. The molecule has 0 spiro atoms. The largest absolute Gasteiger partial charge is 2.00 e. The Morgan fingerprint density at radius 1 is 1.11 bits per heavy atom. The molecular weight excluding hydrogens is 414 g/mol. The molecule has 6 nitrogen and oxygen atoms in total. The molecule has 144 valence electrons. The Morgan fingerprint density at radius 2 is 1.59 bits per heavy atom. The summed E-state index contributed by atoms with van der Waals surface area (Å²) < 4.78 is 5.10. The van der Waals surface area contributed by atoms with Crippen LogP contribution in [0.2, 0.25) is 0 Å². The van der Waals surface area contributed by atoms with Crippen LogP contribution in [0.15, 0.2) is 12.3 Å². The van der Waals surface area contributed by atoms with Gasteiger partial charge in [-0.25, -0.2) is 5.69 Å². The predicted molar refractivity (Wildman–Crippen MR) is 100 cm³/mol. The van der Waals surface area contributed by atoms with Gasteiger partial charge in [-0.15, -0.1) is 0 Å². The second kappa shape index (κ2) is 14.9.